The first-order chi connectivity index (χ1) is 17.9. The highest BCUT2D eigenvalue weighted by atomic mass is 32.2. The molecule has 0 bridgehead atoms. The van der Waals surface area contributed by atoms with Crippen molar-refractivity contribution >= 4 is 37.3 Å². The average molecular weight is 546 g/mol. The number of nitrogens with one attached hydrogen (secondary N) is 2. The first-order valence-corrected chi connectivity index (χ1v) is 15.4. The lowest BCUT2D eigenvalue weighted by Crippen LogP contribution is -2.53. The summed E-state index contributed by atoms with van der Waals surface area (Å²) in [4.78, 5) is 17.5. The summed E-state index contributed by atoms with van der Waals surface area (Å²) in [5.74, 6) is -0.673. The van der Waals surface area contributed by atoms with Crippen molar-refractivity contribution in [3.8, 4) is 0 Å². The molecule has 3 aromatic rings. The van der Waals surface area contributed by atoms with Crippen LogP contribution >= 0.6 is 11.3 Å². The number of carbonyl (C=O) groups excluding carboxylic acids is 1. The average Bonchev–Trinajstić information content (AvgIpc) is 3.33. The Balaban J connectivity index is 1.27. The number of fused-ring (bicyclic) bond motifs is 1. The second-order valence-electron chi connectivity index (χ2n) is 9.47. The van der Waals surface area contributed by atoms with Crippen LogP contribution in [0.3, 0.4) is 0 Å². The second-order valence-corrected chi connectivity index (χ2v) is 12.6. The highest BCUT2D eigenvalue weighted by Crippen LogP contribution is 2.28. The van der Waals surface area contributed by atoms with Crippen molar-refractivity contribution in [1.29, 1.82) is 0 Å². The number of sulfone groups is 1. The zero-order valence-electron chi connectivity index (χ0n) is 20.8. The zero-order chi connectivity index (χ0) is 26.1. The van der Waals surface area contributed by atoms with E-state index >= 15 is 0 Å². The number of hydrogen-bond acceptors (Lipinski definition) is 8. The maximum absolute atomic E-state index is 13.0. The van der Waals surface area contributed by atoms with E-state index in [4.69, 9.17) is 4.74 Å². The standard InChI is InChI=1S/C27H35N3O5S2/c31-24(27-30-22-10-4-5-12-25(22)36-27)11-6-7-15-28-26(32)23(29-21-13-16-35-17-14-21)19-37(33,34)18-20-8-2-1-3-9-20/h1-5,8-10,12,21,23-24,29,31H,6-7,11,13-19H2,(H,28,32)/t23-,24?/m0/s1. The van der Waals surface area contributed by atoms with Gasteiger partial charge in [-0.2, -0.15) is 0 Å². The number of amides is 1. The van der Waals surface area contributed by atoms with Crippen LogP contribution in [-0.4, -0.2) is 62.0 Å². The SMILES string of the molecule is O=C(NCCCCC(O)c1nc2ccccc2s1)[C@H](CS(=O)(=O)Cc1ccccc1)NC1CCOCC1. The zero-order valence-corrected chi connectivity index (χ0v) is 22.5. The molecule has 1 aliphatic rings. The maximum Gasteiger partial charge on any atom is 0.238 e. The molecule has 1 saturated heterocycles. The third-order valence-electron chi connectivity index (χ3n) is 6.42. The lowest BCUT2D eigenvalue weighted by atomic mass is 10.1. The Labute approximate surface area is 222 Å². The topological polar surface area (TPSA) is 118 Å². The van der Waals surface area contributed by atoms with Gasteiger partial charge >= 0.3 is 0 Å². The fraction of sp³-hybridized carbons (Fsp3) is 0.481. The molecular weight excluding hydrogens is 510 g/mol. The van der Waals surface area contributed by atoms with E-state index in [0.29, 0.717) is 49.6 Å². The molecule has 0 radical (unpaired) electrons. The van der Waals surface area contributed by atoms with Gasteiger partial charge < -0.3 is 20.5 Å². The number of ether oxygens (including phenoxy) is 1. The Morgan fingerprint density at radius 3 is 2.57 bits per heavy atom. The molecule has 1 unspecified atom stereocenters. The van der Waals surface area contributed by atoms with E-state index in [-0.39, 0.29) is 23.5 Å². The van der Waals surface area contributed by atoms with Crippen molar-refractivity contribution in [3.63, 3.8) is 0 Å². The van der Waals surface area contributed by atoms with Crippen LogP contribution in [0.25, 0.3) is 10.2 Å². The number of aromatic nitrogens is 1. The minimum absolute atomic E-state index is 0.0420. The highest BCUT2D eigenvalue weighted by molar-refractivity contribution is 7.90. The second kappa shape index (κ2) is 13.4. The third-order valence-corrected chi connectivity index (χ3v) is 9.18. The van der Waals surface area contributed by atoms with Gasteiger partial charge in [0.05, 0.1) is 21.7 Å². The van der Waals surface area contributed by atoms with Crippen LogP contribution in [0.2, 0.25) is 0 Å². The van der Waals surface area contributed by atoms with Crippen LogP contribution in [0.4, 0.5) is 0 Å². The number of para-hydroxylation sites is 1. The fourth-order valence-electron chi connectivity index (χ4n) is 4.44. The van der Waals surface area contributed by atoms with E-state index < -0.39 is 22.0 Å². The number of aliphatic hydroxyl groups is 1. The summed E-state index contributed by atoms with van der Waals surface area (Å²) in [5.41, 5.74) is 1.60. The molecule has 1 aliphatic heterocycles. The summed E-state index contributed by atoms with van der Waals surface area (Å²) in [5, 5.41) is 17.4. The number of rotatable bonds is 13. The van der Waals surface area contributed by atoms with Gasteiger partial charge in [0.15, 0.2) is 9.84 Å². The number of thiazole rings is 1. The van der Waals surface area contributed by atoms with E-state index in [2.05, 4.69) is 15.6 Å². The van der Waals surface area contributed by atoms with Crippen molar-refractivity contribution in [1.82, 2.24) is 15.6 Å². The normalized spacial score (nSPS) is 16.5. The van der Waals surface area contributed by atoms with Gasteiger partial charge in [-0.1, -0.05) is 42.5 Å². The molecule has 10 heteroatoms. The molecule has 2 aromatic carbocycles. The van der Waals surface area contributed by atoms with E-state index in [9.17, 15) is 18.3 Å². The van der Waals surface area contributed by atoms with Crippen molar-refractivity contribution in [3.05, 3.63) is 65.2 Å². The van der Waals surface area contributed by atoms with Crippen LogP contribution in [0.1, 0.15) is 48.8 Å². The maximum atomic E-state index is 13.0. The van der Waals surface area contributed by atoms with Crippen LogP contribution in [0, 0.1) is 0 Å². The number of benzene rings is 2. The van der Waals surface area contributed by atoms with Crippen LogP contribution in [0.15, 0.2) is 54.6 Å². The molecule has 1 fully saturated rings. The molecular formula is C27H35N3O5S2. The summed E-state index contributed by atoms with van der Waals surface area (Å²) in [6.45, 7) is 1.61. The molecule has 200 valence electrons. The van der Waals surface area contributed by atoms with Crippen molar-refractivity contribution in [2.45, 2.75) is 56.0 Å². The quantitative estimate of drug-likeness (QED) is 0.282. The van der Waals surface area contributed by atoms with Crippen molar-refractivity contribution < 1.29 is 23.1 Å². The first kappa shape index (κ1) is 27.7. The Morgan fingerprint density at radius 1 is 1.08 bits per heavy atom. The number of unbranched alkanes of at least 4 members (excludes halogenated alkanes) is 1. The molecule has 1 aromatic heterocycles. The van der Waals surface area contributed by atoms with Gasteiger partial charge in [-0.15, -0.1) is 11.3 Å². The van der Waals surface area contributed by atoms with Crippen LogP contribution in [0.5, 0.6) is 0 Å². The highest BCUT2D eigenvalue weighted by Gasteiger charge is 2.28. The molecule has 37 heavy (non-hydrogen) atoms. The Kier molecular flexibility index (Phi) is 10.0. The monoisotopic (exact) mass is 545 g/mol. The van der Waals surface area contributed by atoms with Crippen LogP contribution < -0.4 is 10.6 Å². The fourth-order valence-corrected chi connectivity index (χ4v) is 7.00. The predicted octanol–water partition coefficient (Wildman–Crippen LogP) is 3.37. The predicted molar refractivity (Wildman–Crippen MR) is 146 cm³/mol. The van der Waals surface area contributed by atoms with E-state index in [1.807, 2.05) is 42.5 Å². The van der Waals surface area contributed by atoms with Crippen molar-refractivity contribution in [2.75, 3.05) is 25.5 Å². The Hall–Kier alpha value is -2.37. The molecule has 0 saturated carbocycles. The van der Waals surface area contributed by atoms with Gasteiger partial charge in [0.1, 0.15) is 17.2 Å². The lowest BCUT2D eigenvalue weighted by molar-refractivity contribution is -0.123. The Morgan fingerprint density at radius 2 is 1.81 bits per heavy atom. The molecule has 0 aliphatic carbocycles. The first-order valence-electron chi connectivity index (χ1n) is 12.8. The Bertz CT molecular complexity index is 1210. The number of carbonyl (C=O) groups is 1. The largest absolute Gasteiger partial charge is 0.386 e. The van der Waals surface area contributed by atoms with E-state index in [1.165, 1.54) is 11.3 Å². The van der Waals surface area contributed by atoms with Gasteiger partial charge in [0, 0.05) is 25.8 Å². The minimum Gasteiger partial charge on any atom is -0.386 e. The van der Waals surface area contributed by atoms with E-state index in [1.54, 1.807) is 12.1 Å². The summed E-state index contributed by atoms with van der Waals surface area (Å²) >= 11 is 1.50. The lowest BCUT2D eigenvalue weighted by Gasteiger charge is -2.28. The van der Waals surface area contributed by atoms with E-state index in [0.717, 1.165) is 23.1 Å². The van der Waals surface area contributed by atoms with Gasteiger partial charge in [0.25, 0.3) is 0 Å². The third kappa shape index (κ3) is 8.58. The molecule has 2 heterocycles. The van der Waals surface area contributed by atoms with Gasteiger partial charge in [-0.3, -0.25) is 4.79 Å². The molecule has 0 spiro atoms. The molecule has 1 amide bonds. The van der Waals surface area contributed by atoms with Gasteiger partial charge in [-0.25, -0.2) is 13.4 Å². The summed E-state index contributed by atoms with van der Waals surface area (Å²) in [6.07, 6.45) is 2.78. The van der Waals surface area contributed by atoms with Crippen molar-refractivity contribution in [2.24, 2.45) is 0 Å². The minimum atomic E-state index is -3.51. The number of aliphatic hydroxyl groups excluding tert-OH is 1. The number of nitrogens with zero attached hydrogens (tertiary/aromatic N) is 1. The van der Waals surface area contributed by atoms with Crippen LogP contribution in [-0.2, 0) is 25.1 Å². The van der Waals surface area contributed by atoms with Gasteiger partial charge in [0.2, 0.25) is 5.91 Å². The number of hydrogen-bond donors (Lipinski definition) is 3. The molecule has 4 rings (SSSR count). The smallest absolute Gasteiger partial charge is 0.238 e. The molecule has 8 nitrogen and oxygen atoms in total. The summed E-state index contributed by atoms with van der Waals surface area (Å²) < 4.78 is 32.3. The molecule has 2 atom stereocenters. The molecule has 3 N–H and O–H groups in total. The summed E-state index contributed by atoms with van der Waals surface area (Å²) in [7, 11) is -3.51. The summed E-state index contributed by atoms with van der Waals surface area (Å²) in [6, 6.07) is 16.0. The van der Waals surface area contributed by atoms with Gasteiger partial charge in [-0.05, 0) is 49.8 Å².